The minimum absolute atomic E-state index is 0.0997. The Morgan fingerprint density at radius 3 is 2.94 bits per heavy atom. The van der Waals surface area contributed by atoms with Gasteiger partial charge in [-0.3, -0.25) is 4.98 Å². The molecule has 1 aliphatic heterocycles. The van der Waals surface area contributed by atoms with E-state index in [1.165, 1.54) is 6.07 Å². The molecule has 92 valence electrons. The van der Waals surface area contributed by atoms with Crippen molar-refractivity contribution in [2.24, 2.45) is 5.73 Å². The van der Waals surface area contributed by atoms with Crippen LogP contribution in [0, 0.1) is 5.82 Å². The average molecular weight is 244 g/mol. The Hall–Kier alpha value is -1.94. The van der Waals surface area contributed by atoms with E-state index in [0.29, 0.717) is 30.0 Å². The van der Waals surface area contributed by atoms with Crippen LogP contribution in [0.3, 0.4) is 0 Å². The maximum atomic E-state index is 14.0. The van der Waals surface area contributed by atoms with Gasteiger partial charge in [0, 0.05) is 24.1 Å². The van der Waals surface area contributed by atoms with Gasteiger partial charge in [-0.25, -0.2) is 4.39 Å². The predicted octanol–water partition coefficient (Wildman–Crippen LogP) is 2.61. The van der Waals surface area contributed by atoms with Gasteiger partial charge in [0.2, 0.25) is 0 Å². The molecule has 0 aliphatic carbocycles. The second-order valence-electron chi connectivity index (χ2n) is 4.34. The second kappa shape index (κ2) is 4.38. The number of halogens is 1. The largest absolute Gasteiger partial charge is 0.455 e. The van der Waals surface area contributed by atoms with Gasteiger partial charge >= 0.3 is 0 Å². The van der Waals surface area contributed by atoms with Crippen molar-refractivity contribution in [2.45, 2.75) is 12.3 Å². The van der Waals surface area contributed by atoms with Crippen molar-refractivity contribution in [2.75, 3.05) is 6.54 Å². The molecule has 0 amide bonds. The molecule has 1 aliphatic rings. The van der Waals surface area contributed by atoms with E-state index in [0.717, 1.165) is 5.69 Å². The van der Waals surface area contributed by atoms with Gasteiger partial charge in [-0.05, 0) is 30.8 Å². The number of ether oxygens (including phenoxy) is 1. The molecule has 4 heteroatoms. The van der Waals surface area contributed by atoms with E-state index in [4.69, 9.17) is 10.5 Å². The summed E-state index contributed by atoms with van der Waals surface area (Å²) in [6, 6.07) is 8.50. The third-order valence-corrected chi connectivity index (χ3v) is 3.21. The zero-order valence-electron chi connectivity index (χ0n) is 9.77. The molecule has 0 saturated carbocycles. The van der Waals surface area contributed by atoms with Crippen molar-refractivity contribution in [3.8, 4) is 11.5 Å². The van der Waals surface area contributed by atoms with E-state index in [-0.39, 0.29) is 11.7 Å². The van der Waals surface area contributed by atoms with Crippen molar-refractivity contribution in [1.29, 1.82) is 0 Å². The lowest BCUT2D eigenvalue weighted by Gasteiger charge is -2.14. The Bertz CT molecular complexity index is 586. The van der Waals surface area contributed by atoms with Crippen LogP contribution < -0.4 is 10.5 Å². The molecule has 0 unspecified atom stereocenters. The summed E-state index contributed by atoms with van der Waals surface area (Å²) in [5.41, 5.74) is 7.14. The first kappa shape index (κ1) is 11.2. The highest BCUT2D eigenvalue weighted by Gasteiger charge is 2.25. The van der Waals surface area contributed by atoms with E-state index >= 15 is 0 Å². The lowest BCUT2D eigenvalue weighted by molar-refractivity contribution is 0.467. The maximum absolute atomic E-state index is 14.0. The standard InChI is InChI=1S/C14H13FN2O/c15-10-3-1-4-13-14(10)9(8-16)7-11-12(18-13)5-2-6-17-11/h1-6,9H,7-8,16H2/t9-/m1/s1. The van der Waals surface area contributed by atoms with E-state index in [1.54, 1.807) is 24.4 Å². The summed E-state index contributed by atoms with van der Waals surface area (Å²) in [4.78, 5) is 4.29. The summed E-state index contributed by atoms with van der Waals surface area (Å²) < 4.78 is 19.7. The Labute approximate surface area is 104 Å². The van der Waals surface area contributed by atoms with Gasteiger partial charge < -0.3 is 10.5 Å². The van der Waals surface area contributed by atoms with Gasteiger partial charge in [-0.1, -0.05) is 6.07 Å². The monoisotopic (exact) mass is 244 g/mol. The van der Waals surface area contributed by atoms with Crippen molar-refractivity contribution < 1.29 is 9.13 Å². The number of nitrogens with zero attached hydrogens (tertiary/aromatic N) is 1. The minimum Gasteiger partial charge on any atom is -0.455 e. The molecule has 1 aromatic carbocycles. The molecule has 0 saturated heterocycles. The topological polar surface area (TPSA) is 48.1 Å². The summed E-state index contributed by atoms with van der Waals surface area (Å²) in [5.74, 6) is 0.852. The molecule has 1 aromatic heterocycles. The summed E-state index contributed by atoms with van der Waals surface area (Å²) in [7, 11) is 0. The molecule has 0 radical (unpaired) electrons. The number of pyridine rings is 1. The van der Waals surface area contributed by atoms with Gasteiger partial charge in [-0.15, -0.1) is 0 Å². The van der Waals surface area contributed by atoms with E-state index in [2.05, 4.69) is 4.98 Å². The van der Waals surface area contributed by atoms with Gasteiger partial charge in [0.15, 0.2) is 0 Å². The van der Waals surface area contributed by atoms with Crippen molar-refractivity contribution in [1.82, 2.24) is 4.98 Å². The highest BCUT2D eigenvalue weighted by molar-refractivity contribution is 5.45. The van der Waals surface area contributed by atoms with Gasteiger partial charge in [0.25, 0.3) is 0 Å². The first-order valence-corrected chi connectivity index (χ1v) is 5.90. The van der Waals surface area contributed by atoms with Gasteiger partial charge in [0.1, 0.15) is 17.3 Å². The molecular weight excluding hydrogens is 231 g/mol. The number of hydrogen-bond donors (Lipinski definition) is 1. The molecule has 1 atom stereocenters. The van der Waals surface area contributed by atoms with Crippen LogP contribution in [-0.2, 0) is 6.42 Å². The van der Waals surface area contributed by atoms with E-state index in [9.17, 15) is 4.39 Å². The number of rotatable bonds is 1. The van der Waals surface area contributed by atoms with Crippen LogP contribution in [0.5, 0.6) is 11.5 Å². The number of fused-ring (bicyclic) bond motifs is 2. The third kappa shape index (κ3) is 1.75. The lowest BCUT2D eigenvalue weighted by atomic mass is 9.93. The van der Waals surface area contributed by atoms with Crippen LogP contribution in [0.25, 0.3) is 0 Å². The molecule has 3 nitrogen and oxygen atoms in total. The molecular formula is C14H13FN2O. The minimum atomic E-state index is -0.268. The number of benzene rings is 1. The van der Waals surface area contributed by atoms with E-state index in [1.807, 2.05) is 6.07 Å². The van der Waals surface area contributed by atoms with Crippen LogP contribution in [0.2, 0.25) is 0 Å². The maximum Gasteiger partial charge on any atom is 0.148 e. The van der Waals surface area contributed by atoms with Crippen LogP contribution in [0.15, 0.2) is 36.5 Å². The fraction of sp³-hybridized carbons (Fsp3) is 0.214. The predicted molar refractivity (Wildman–Crippen MR) is 66.2 cm³/mol. The fourth-order valence-electron chi connectivity index (χ4n) is 2.33. The molecule has 2 aromatic rings. The highest BCUT2D eigenvalue weighted by atomic mass is 19.1. The van der Waals surface area contributed by atoms with Gasteiger partial charge in [-0.2, -0.15) is 0 Å². The third-order valence-electron chi connectivity index (χ3n) is 3.21. The normalized spacial score (nSPS) is 17.3. The smallest absolute Gasteiger partial charge is 0.148 e. The molecule has 0 fully saturated rings. The quantitative estimate of drug-likeness (QED) is 0.838. The molecule has 2 N–H and O–H groups in total. The van der Waals surface area contributed by atoms with Crippen molar-refractivity contribution in [3.63, 3.8) is 0 Å². The van der Waals surface area contributed by atoms with E-state index < -0.39 is 0 Å². The molecule has 18 heavy (non-hydrogen) atoms. The lowest BCUT2D eigenvalue weighted by Crippen LogP contribution is -2.16. The van der Waals surface area contributed by atoms with Crippen LogP contribution in [0.4, 0.5) is 4.39 Å². The average Bonchev–Trinajstić information content (AvgIpc) is 2.55. The Balaban J connectivity index is 2.17. The first-order valence-electron chi connectivity index (χ1n) is 5.90. The van der Waals surface area contributed by atoms with Crippen LogP contribution >= 0.6 is 0 Å². The Morgan fingerprint density at radius 2 is 2.11 bits per heavy atom. The number of nitrogens with two attached hydrogens (primary N) is 1. The summed E-state index contributed by atoms with van der Waals surface area (Å²) in [6.45, 7) is 0.368. The fourth-order valence-corrected chi connectivity index (χ4v) is 2.33. The Kier molecular flexibility index (Phi) is 2.72. The summed E-state index contributed by atoms with van der Waals surface area (Å²) in [6.07, 6.45) is 2.31. The molecule has 0 spiro atoms. The van der Waals surface area contributed by atoms with Crippen molar-refractivity contribution >= 4 is 0 Å². The van der Waals surface area contributed by atoms with Crippen LogP contribution in [0.1, 0.15) is 17.2 Å². The first-order chi connectivity index (χ1) is 8.79. The SMILES string of the molecule is NC[C@H]1Cc2ncccc2Oc2cccc(F)c21. The summed E-state index contributed by atoms with van der Waals surface area (Å²) >= 11 is 0. The highest BCUT2D eigenvalue weighted by Crippen LogP contribution is 2.39. The molecule has 2 heterocycles. The summed E-state index contributed by atoms with van der Waals surface area (Å²) in [5, 5.41) is 0. The second-order valence-corrected chi connectivity index (χ2v) is 4.34. The van der Waals surface area contributed by atoms with Crippen molar-refractivity contribution in [3.05, 3.63) is 53.6 Å². The molecule has 0 bridgehead atoms. The van der Waals surface area contributed by atoms with Crippen LogP contribution in [-0.4, -0.2) is 11.5 Å². The number of aromatic nitrogens is 1. The van der Waals surface area contributed by atoms with Gasteiger partial charge in [0.05, 0.1) is 5.69 Å². The Morgan fingerprint density at radius 1 is 1.28 bits per heavy atom. The zero-order valence-corrected chi connectivity index (χ0v) is 9.77. The number of hydrogen-bond acceptors (Lipinski definition) is 3. The molecule has 3 rings (SSSR count). The zero-order chi connectivity index (χ0) is 12.5.